The Hall–Kier alpha value is -0.740. The second-order valence-corrected chi connectivity index (χ2v) is 6.90. The van der Waals surface area contributed by atoms with Crippen LogP contribution < -0.4 is 0 Å². The van der Waals surface area contributed by atoms with E-state index in [-0.39, 0.29) is 4.75 Å². The molecule has 0 aliphatic heterocycles. The van der Waals surface area contributed by atoms with Crippen molar-refractivity contribution in [2.75, 3.05) is 6.26 Å². The smallest absolute Gasteiger partial charge is 0.178 e. The van der Waals surface area contributed by atoms with Crippen LogP contribution in [0.25, 0.3) is 11.0 Å². The second-order valence-electron chi connectivity index (χ2n) is 5.00. The van der Waals surface area contributed by atoms with Crippen LogP contribution in [0.5, 0.6) is 0 Å². The fraction of sp³-hybridized carbons (Fsp3) is 0.462. The van der Waals surface area contributed by atoms with Gasteiger partial charge in [-0.15, -0.1) is 0 Å². The fourth-order valence-corrected chi connectivity index (χ4v) is 2.41. The Morgan fingerprint density at radius 2 is 2.12 bits per heavy atom. The van der Waals surface area contributed by atoms with Crippen LogP contribution in [-0.4, -0.2) is 20.6 Å². The minimum absolute atomic E-state index is 0.193. The Labute approximate surface area is 111 Å². The number of fused-ring (bicyclic) bond motifs is 1. The average Bonchev–Trinajstić information content (AvgIpc) is 2.54. The minimum atomic E-state index is 0.193. The Morgan fingerprint density at radius 1 is 1.41 bits per heavy atom. The number of aryl methyl sites for hydroxylation is 1. The Balaban J connectivity index is 2.54. The lowest BCUT2D eigenvalue weighted by Crippen LogP contribution is -2.22. The number of imidazole rings is 1. The van der Waals surface area contributed by atoms with Crippen molar-refractivity contribution in [1.29, 1.82) is 0 Å². The molecule has 2 aromatic rings. The van der Waals surface area contributed by atoms with E-state index < -0.39 is 0 Å². The molecule has 0 fully saturated rings. The van der Waals surface area contributed by atoms with Gasteiger partial charge < -0.3 is 9.55 Å². The first-order valence-corrected chi connectivity index (χ1v) is 7.30. The second kappa shape index (κ2) is 4.50. The first kappa shape index (κ1) is 12.7. The van der Waals surface area contributed by atoms with Gasteiger partial charge in [-0.3, -0.25) is 0 Å². The molecule has 17 heavy (non-hydrogen) atoms. The van der Waals surface area contributed by atoms with E-state index >= 15 is 0 Å². The van der Waals surface area contributed by atoms with Crippen molar-refractivity contribution in [1.82, 2.24) is 9.55 Å². The van der Waals surface area contributed by atoms with Gasteiger partial charge in [0.25, 0.3) is 0 Å². The molecule has 0 aliphatic rings. The largest absolute Gasteiger partial charge is 0.331 e. The minimum Gasteiger partial charge on any atom is -0.331 e. The van der Waals surface area contributed by atoms with Crippen LogP contribution in [0.15, 0.2) is 18.2 Å². The number of aromatic amines is 1. The molecular formula is C13H18N2S2. The fourth-order valence-electron chi connectivity index (χ4n) is 1.88. The van der Waals surface area contributed by atoms with Crippen molar-refractivity contribution in [3.63, 3.8) is 0 Å². The van der Waals surface area contributed by atoms with Crippen LogP contribution in [0.3, 0.4) is 0 Å². The van der Waals surface area contributed by atoms with Crippen molar-refractivity contribution >= 4 is 35.0 Å². The van der Waals surface area contributed by atoms with E-state index in [9.17, 15) is 0 Å². The lowest BCUT2D eigenvalue weighted by molar-refractivity contribution is 0.575. The topological polar surface area (TPSA) is 20.7 Å². The summed E-state index contributed by atoms with van der Waals surface area (Å²) in [5.41, 5.74) is 3.58. The summed E-state index contributed by atoms with van der Waals surface area (Å²) in [4.78, 5) is 3.28. The van der Waals surface area contributed by atoms with E-state index in [0.717, 1.165) is 16.8 Å². The summed E-state index contributed by atoms with van der Waals surface area (Å²) in [6.45, 7) is 7.51. The summed E-state index contributed by atoms with van der Waals surface area (Å²) in [6.07, 6.45) is 2.14. The van der Waals surface area contributed by atoms with E-state index in [1.54, 1.807) is 0 Å². The maximum atomic E-state index is 5.41. The normalized spacial score (nSPS) is 12.2. The van der Waals surface area contributed by atoms with Crippen molar-refractivity contribution in [2.24, 2.45) is 0 Å². The molecule has 2 rings (SSSR count). The molecule has 0 spiro atoms. The monoisotopic (exact) mass is 266 g/mol. The molecular weight excluding hydrogens is 248 g/mol. The number of aromatic nitrogens is 2. The average molecular weight is 266 g/mol. The van der Waals surface area contributed by atoms with Crippen LogP contribution in [0, 0.1) is 11.7 Å². The highest BCUT2D eigenvalue weighted by atomic mass is 32.2. The molecule has 1 aromatic heterocycles. The molecule has 4 heteroatoms. The third kappa shape index (κ3) is 2.58. The maximum absolute atomic E-state index is 5.41. The predicted octanol–water partition coefficient (Wildman–Crippen LogP) is 4.15. The van der Waals surface area contributed by atoms with Gasteiger partial charge in [0.2, 0.25) is 0 Å². The van der Waals surface area contributed by atoms with Gasteiger partial charge in [0.05, 0.1) is 11.0 Å². The van der Waals surface area contributed by atoms with Gasteiger partial charge in [-0.2, -0.15) is 11.8 Å². The number of nitrogens with one attached hydrogen (secondary N) is 1. The quantitative estimate of drug-likeness (QED) is 0.842. The molecule has 0 radical (unpaired) electrons. The molecule has 0 saturated heterocycles. The van der Waals surface area contributed by atoms with Crippen molar-refractivity contribution < 1.29 is 0 Å². The number of hydrogen-bond acceptors (Lipinski definition) is 2. The van der Waals surface area contributed by atoms with Crippen molar-refractivity contribution in [3.05, 3.63) is 28.5 Å². The van der Waals surface area contributed by atoms with Crippen LogP contribution in [0.4, 0.5) is 0 Å². The van der Waals surface area contributed by atoms with Crippen LogP contribution in [-0.2, 0) is 6.54 Å². The van der Waals surface area contributed by atoms with Gasteiger partial charge in [-0.25, -0.2) is 0 Å². The maximum Gasteiger partial charge on any atom is 0.178 e. The molecule has 1 N–H and O–H groups in total. The highest BCUT2D eigenvalue weighted by Gasteiger charge is 2.18. The first-order chi connectivity index (χ1) is 7.93. The van der Waals surface area contributed by atoms with E-state index in [1.807, 2.05) is 11.8 Å². The molecule has 0 bridgehead atoms. The molecule has 2 nitrogen and oxygen atoms in total. The van der Waals surface area contributed by atoms with Crippen LogP contribution >= 0.6 is 24.0 Å². The molecule has 1 heterocycles. The lowest BCUT2D eigenvalue weighted by atomic mass is 10.2. The number of nitrogens with zero attached hydrogens (tertiary/aromatic N) is 1. The highest BCUT2D eigenvalue weighted by Crippen LogP contribution is 2.26. The zero-order chi connectivity index (χ0) is 12.6. The van der Waals surface area contributed by atoms with E-state index in [0.29, 0.717) is 0 Å². The molecule has 0 unspecified atom stereocenters. The number of hydrogen-bond donors (Lipinski definition) is 1. The summed E-state index contributed by atoms with van der Waals surface area (Å²) in [6, 6.07) is 6.43. The zero-order valence-electron chi connectivity index (χ0n) is 10.7. The van der Waals surface area contributed by atoms with Gasteiger partial charge in [-0.05, 0) is 56.9 Å². The molecule has 0 atom stereocenters. The van der Waals surface area contributed by atoms with Gasteiger partial charge >= 0.3 is 0 Å². The third-order valence-electron chi connectivity index (χ3n) is 3.02. The molecule has 1 aromatic carbocycles. The van der Waals surface area contributed by atoms with Crippen LogP contribution in [0.1, 0.15) is 19.4 Å². The number of H-pyrrole nitrogens is 1. The van der Waals surface area contributed by atoms with E-state index in [1.165, 1.54) is 11.1 Å². The summed E-state index contributed by atoms with van der Waals surface area (Å²) >= 11 is 7.28. The first-order valence-electron chi connectivity index (χ1n) is 5.67. The Kier molecular flexibility index (Phi) is 3.36. The van der Waals surface area contributed by atoms with E-state index in [2.05, 4.69) is 54.8 Å². The summed E-state index contributed by atoms with van der Waals surface area (Å²) in [7, 11) is 0. The predicted molar refractivity (Wildman–Crippen MR) is 79.5 cm³/mol. The molecule has 92 valence electrons. The van der Waals surface area contributed by atoms with Crippen molar-refractivity contribution in [2.45, 2.75) is 32.1 Å². The summed E-state index contributed by atoms with van der Waals surface area (Å²) in [5.74, 6) is 0. The Morgan fingerprint density at radius 3 is 2.76 bits per heavy atom. The lowest BCUT2D eigenvalue weighted by Gasteiger charge is -2.22. The number of benzene rings is 1. The van der Waals surface area contributed by atoms with Gasteiger partial charge in [-0.1, -0.05) is 6.07 Å². The Bertz CT molecular complexity index is 593. The molecule has 0 saturated carbocycles. The third-order valence-corrected chi connectivity index (χ3v) is 4.58. The standard InChI is InChI=1S/C13H18N2S2/c1-9-5-6-11-10(7-9)14-12(16)15(11)8-13(2,3)17-4/h5-7H,8H2,1-4H3,(H,14,16). The summed E-state index contributed by atoms with van der Waals surface area (Å²) in [5, 5.41) is 0. The highest BCUT2D eigenvalue weighted by molar-refractivity contribution is 7.99. The van der Waals surface area contributed by atoms with Gasteiger partial charge in [0.15, 0.2) is 4.77 Å². The number of rotatable bonds is 3. The van der Waals surface area contributed by atoms with Gasteiger partial charge in [0, 0.05) is 11.3 Å². The summed E-state index contributed by atoms with van der Waals surface area (Å²) < 4.78 is 3.20. The van der Waals surface area contributed by atoms with Crippen LogP contribution in [0.2, 0.25) is 0 Å². The van der Waals surface area contributed by atoms with Gasteiger partial charge in [0.1, 0.15) is 0 Å². The van der Waals surface area contributed by atoms with E-state index in [4.69, 9.17) is 12.2 Å². The molecule has 0 aliphatic carbocycles. The SMILES string of the molecule is CSC(C)(C)Cn1c(=S)[nH]c2cc(C)ccc21. The van der Waals surface area contributed by atoms with Crippen molar-refractivity contribution in [3.8, 4) is 0 Å². The molecule has 0 amide bonds. The zero-order valence-corrected chi connectivity index (χ0v) is 12.3. The number of thioether (sulfide) groups is 1.